The predicted octanol–water partition coefficient (Wildman–Crippen LogP) is 2.91. The molecule has 0 aliphatic heterocycles. The highest BCUT2D eigenvalue weighted by molar-refractivity contribution is 5.86. The van der Waals surface area contributed by atoms with Crippen molar-refractivity contribution in [3.8, 4) is 17.3 Å². The summed E-state index contributed by atoms with van der Waals surface area (Å²) in [6.07, 6.45) is -1.95. The van der Waals surface area contributed by atoms with Crippen LogP contribution >= 0.6 is 0 Å². The van der Waals surface area contributed by atoms with Gasteiger partial charge in [-0.1, -0.05) is 23.4 Å². The second-order valence-electron chi connectivity index (χ2n) is 5.17. The number of nitrogens with one attached hydrogen (secondary N) is 1. The van der Waals surface area contributed by atoms with Crippen LogP contribution in [0, 0.1) is 0 Å². The van der Waals surface area contributed by atoms with Gasteiger partial charge in [-0.25, -0.2) is 4.98 Å². The van der Waals surface area contributed by atoms with Crippen molar-refractivity contribution in [3.05, 3.63) is 53.5 Å². The van der Waals surface area contributed by atoms with E-state index in [1.54, 1.807) is 31.5 Å². The maximum Gasteiger partial charge on any atom is 0.433 e. The number of benzene rings is 1. The van der Waals surface area contributed by atoms with Crippen LogP contribution in [-0.2, 0) is 12.8 Å². The summed E-state index contributed by atoms with van der Waals surface area (Å²) in [5.41, 5.74) is 1.67. The number of H-pyrrole nitrogens is 1. The van der Waals surface area contributed by atoms with Gasteiger partial charge >= 0.3 is 12.2 Å². The summed E-state index contributed by atoms with van der Waals surface area (Å²) in [4.78, 5) is 11.0. The molecule has 7 nitrogen and oxygen atoms in total. The average molecular weight is 362 g/mol. The minimum Gasteiger partial charge on any atom is -0.459 e. The quantitative estimate of drug-likeness (QED) is 0.705. The molecule has 0 saturated heterocycles. The fraction of sp³-hybridized carbons (Fsp3) is 0.188. The number of hydrogen-bond acceptors (Lipinski definition) is 6. The number of aromatic amines is 1. The third kappa shape index (κ3) is 4.02. The Labute approximate surface area is 146 Å². The first kappa shape index (κ1) is 17.5. The van der Waals surface area contributed by atoms with Crippen molar-refractivity contribution in [3.63, 3.8) is 0 Å². The second-order valence-corrected chi connectivity index (χ2v) is 5.17. The molecule has 2 aromatic heterocycles. The first-order chi connectivity index (χ1) is 12.5. The lowest BCUT2D eigenvalue weighted by Crippen LogP contribution is -2.10. The number of halogens is 3. The van der Waals surface area contributed by atoms with Gasteiger partial charge in [0.1, 0.15) is 18.0 Å². The van der Waals surface area contributed by atoms with E-state index in [4.69, 9.17) is 4.74 Å². The van der Waals surface area contributed by atoms with E-state index in [1.807, 2.05) is 6.07 Å². The zero-order valence-electron chi connectivity index (χ0n) is 13.5. The number of aromatic nitrogens is 5. The van der Waals surface area contributed by atoms with E-state index in [9.17, 15) is 13.2 Å². The van der Waals surface area contributed by atoms with Gasteiger partial charge in [0, 0.05) is 25.0 Å². The van der Waals surface area contributed by atoms with Crippen molar-refractivity contribution < 1.29 is 17.9 Å². The molecule has 3 rings (SSSR count). The number of ether oxygens (including phenoxy) is 1. The molecule has 0 radical (unpaired) electrons. The molecule has 0 atom stereocenters. The standard InChI is InChI=1S/C16H13F3N6O/c1-20-8-12-14(24-25-23-12)11-4-2-3-10(7-11)9-26-15-21-6-5-13(22-15)16(17,18)19/h2-8H,9H2,1H3,(H,23,24,25)/b20-8-. The largest absolute Gasteiger partial charge is 0.459 e. The summed E-state index contributed by atoms with van der Waals surface area (Å²) in [5.74, 6) is 0. The van der Waals surface area contributed by atoms with E-state index in [0.29, 0.717) is 17.0 Å². The molecular weight excluding hydrogens is 349 g/mol. The lowest BCUT2D eigenvalue weighted by Gasteiger charge is -2.08. The summed E-state index contributed by atoms with van der Waals surface area (Å²) < 4.78 is 43.3. The van der Waals surface area contributed by atoms with Crippen LogP contribution in [-0.4, -0.2) is 38.6 Å². The van der Waals surface area contributed by atoms with Gasteiger partial charge in [-0.05, 0) is 17.7 Å². The van der Waals surface area contributed by atoms with E-state index in [1.165, 1.54) is 0 Å². The Kier molecular flexibility index (Phi) is 4.92. The van der Waals surface area contributed by atoms with Crippen molar-refractivity contribution in [2.45, 2.75) is 12.8 Å². The number of alkyl halides is 3. The summed E-state index contributed by atoms with van der Waals surface area (Å²) >= 11 is 0. The highest BCUT2D eigenvalue weighted by Gasteiger charge is 2.33. The Hall–Kier alpha value is -3.30. The zero-order valence-corrected chi connectivity index (χ0v) is 13.5. The summed E-state index contributed by atoms with van der Waals surface area (Å²) in [6, 6.07) is 7.61. The third-order valence-corrected chi connectivity index (χ3v) is 3.33. The van der Waals surface area contributed by atoms with Gasteiger partial charge in [0.15, 0.2) is 5.69 Å². The highest BCUT2D eigenvalue weighted by Crippen LogP contribution is 2.28. The molecule has 0 aliphatic carbocycles. The predicted molar refractivity (Wildman–Crippen MR) is 86.7 cm³/mol. The first-order valence-corrected chi connectivity index (χ1v) is 7.43. The second kappa shape index (κ2) is 7.30. The Bertz CT molecular complexity index is 922. The molecule has 10 heteroatoms. The Morgan fingerprint density at radius 3 is 2.88 bits per heavy atom. The Morgan fingerprint density at radius 2 is 2.12 bits per heavy atom. The van der Waals surface area contributed by atoms with Crippen molar-refractivity contribution in [2.75, 3.05) is 7.05 Å². The molecule has 0 fully saturated rings. The van der Waals surface area contributed by atoms with Gasteiger partial charge in [0.05, 0.1) is 0 Å². The van der Waals surface area contributed by atoms with E-state index in [2.05, 4.69) is 30.4 Å². The van der Waals surface area contributed by atoms with Crippen LogP contribution < -0.4 is 4.74 Å². The van der Waals surface area contributed by atoms with Crippen LogP contribution in [0.1, 0.15) is 17.0 Å². The molecule has 134 valence electrons. The minimum atomic E-state index is -4.55. The van der Waals surface area contributed by atoms with Crippen LogP contribution in [0.2, 0.25) is 0 Å². The SMILES string of the molecule is C/N=C\c1[nH]nnc1-c1cccc(COc2nccc(C(F)(F)F)n2)c1. The molecule has 3 aromatic rings. The molecular formula is C16H13F3N6O. The number of nitrogens with zero attached hydrogens (tertiary/aromatic N) is 5. The van der Waals surface area contributed by atoms with Gasteiger partial charge in [-0.3, -0.25) is 10.1 Å². The summed E-state index contributed by atoms with van der Waals surface area (Å²) in [5, 5.41) is 10.5. The summed E-state index contributed by atoms with van der Waals surface area (Å²) in [6.45, 7) is 0.00417. The van der Waals surface area contributed by atoms with Crippen LogP contribution in [0.4, 0.5) is 13.2 Å². The van der Waals surface area contributed by atoms with Crippen molar-refractivity contribution >= 4 is 6.21 Å². The maximum absolute atomic E-state index is 12.7. The smallest absolute Gasteiger partial charge is 0.433 e. The van der Waals surface area contributed by atoms with E-state index in [0.717, 1.165) is 17.8 Å². The molecule has 1 N–H and O–H groups in total. The maximum atomic E-state index is 12.7. The van der Waals surface area contributed by atoms with Crippen molar-refractivity contribution in [2.24, 2.45) is 4.99 Å². The topological polar surface area (TPSA) is 88.9 Å². The first-order valence-electron chi connectivity index (χ1n) is 7.43. The fourth-order valence-corrected chi connectivity index (χ4v) is 2.19. The Balaban J connectivity index is 1.77. The van der Waals surface area contributed by atoms with Crippen LogP contribution in [0.5, 0.6) is 6.01 Å². The molecule has 0 amide bonds. The van der Waals surface area contributed by atoms with Crippen molar-refractivity contribution in [1.29, 1.82) is 0 Å². The lowest BCUT2D eigenvalue weighted by molar-refractivity contribution is -0.141. The van der Waals surface area contributed by atoms with E-state index < -0.39 is 11.9 Å². The normalized spacial score (nSPS) is 11.8. The molecule has 0 spiro atoms. The monoisotopic (exact) mass is 362 g/mol. The van der Waals surface area contributed by atoms with Gasteiger partial charge in [0.2, 0.25) is 0 Å². The molecule has 26 heavy (non-hydrogen) atoms. The van der Waals surface area contributed by atoms with Crippen LogP contribution in [0.25, 0.3) is 11.3 Å². The van der Waals surface area contributed by atoms with Gasteiger partial charge in [-0.15, -0.1) is 5.10 Å². The number of hydrogen-bond donors (Lipinski definition) is 1. The molecule has 0 unspecified atom stereocenters. The molecule has 0 bridgehead atoms. The molecule has 0 aliphatic rings. The summed E-state index contributed by atoms with van der Waals surface area (Å²) in [7, 11) is 1.63. The number of rotatable bonds is 5. The van der Waals surface area contributed by atoms with E-state index >= 15 is 0 Å². The minimum absolute atomic E-state index is 0.00417. The van der Waals surface area contributed by atoms with Gasteiger partial charge < -0.3 is 4.74 Å². The lowest BCUT2D eigenvalue weighted by atomic mass is 10.1. The Morgan fingerprint density at radius 1 is 1.27 bits per heavy atom. The van der Waals surface area contributed by atoms with Crippen molar-refractivity contribution in [1.82, 2.24) is 25.4 Å². The zero-order chi connectivity index (χ0) is 18.6. The van der Waals surface area contributed by atoms with Gasteiger partial charge in [-0.2, -0.15) is 18.2 Å². The number of aliphatic imine (C=N–C) groups is 1. The fourth-order valence-electron chi connectivity index (χ4n) is 2.19. The molecule has 1 aromatic carbocycles. The average Bonchev–Trinajstić information content (AvgIpc) is 3.08. The highest BCUT2D eigenvalue weighted by atomic mass is 19.4. The molecule has 0 saturated carbocycles. The van der Waals surface area contributed by atoms with Crippen LogP contribution in [0.15, 0.2) is 41.5 Å². The van der Waals surface area contributed by atoms with Gasteiger partial charge in [0.25, 0.3) is 0 Å². The molecule has 2 heterocycles. The van der Waals surface area contributed by atoms with Crippen LogP contribution in [0.3, 0.4) is 0 Å². The van der Waals surface area contributed by atoms with E-state index in [-0.39, 0.29) is 12.6 Å². The third-order valence-electron chi connectivity index (χ3n) is 3.33.